The number of hydrogen-bond acceptors (Lipinski definition) is 7. The number of rotatable bonds is 9. The zero-order chi connectivity index (χ0) is 31.7. The first kappa shape index (κ1) is 31.8. The van der Waals surface area contributed by atoms with Crippen molar-refractivity contribution in [2.75, 3.05) is 13.1 Å². The van der Waals surface area contributed by atoms with Crippen molar-refractivity contribution >= 4 is 33.7 Å². The molecule has 2 unspecified atom stereocenters. The molecule has 11 heteroatoms. The number of fused-ring (bicyclic) bond motifs is 2. The van der Waals surface area contributed by atoms with Crippen molar-refractivity contribution in [2.45, 2.75) is 77.6 Å². The third-order valence-electron chi connectivity index (χ3n) is 9.21. The Balaban J connectivity index is 1.54. The second kappa shape index (κ2) is 13.2. The molecule has 0 bridgehead atoms. The molecule has 1 aliphatic carbocycles. The Bertz CT molecular complexity index is 1460. The van der Waals surface area contributed by atoms with Crippen molar-refractivity contribution in [3.8, 4) is 5.75 Å². The molecule has 0 aromatic heterocycles. The van der Waals surface area contributed by atoms with E-state index < -0.39 is 30.0 Å². The smallest absolute Gasteiger partial charge is 0.307 e. The molecule has 2 aliphatic heterocycles. The summed E-state index contributed by atoms with van der Waals surface area (Å²) in [6.07, 6.45) is 4.30. The van der Waals surface area contributed by atoms with Gasteiger partial charge in [-0.15, -0.1) is 0 Å². The maximum absolute atomic E-state index is 14.3. The molecule has 0 radical (unpaired) electrons. The summed E-state index contributed by atoms with van der Waals surface area (Å²) in [5.74, 6) is 4.12. The number of aliphatic carboxylic acids is 1. The molecule has 0 saturated heterocycles. The number of nitrogens with zero attached hydrogens (tertiary/aromatic N) is 3. The monoisotopic (exact) mass is 667 g/mol. The fourth-order valence-corrected chi connectivity index (χ4v) is 7.17. The van der Waals surface area contributed by atoms with Gasteiger partial charge in [-0.05, 0) is 69.4 Å². The predicted octanol–water partition coefficient (Wildman–Crippen LogP) is 4.57. The summed E-state index contributed by atoms with van der Waals surface area (Å²) in [6, 6.07) is 10.8. The van der Waals surface area contributed by atoms with Gasteiger partial charge in [0.2, 0.25) is 5.91 Å². The number of carbonyl (C=O) groups excluding carboxylic acids is 2. The number of benzene rings is 2. The van der Waals surface area contributed by atoms with Crippen molar-refractivity contribution in [2.24, 2.45) is 23.4 Å². The quantitative estimate of drug-likeness (QED) is 0.261. The summed E-state index contributed by atoms with van der Waals surface area (Å²) >= 11 is 3.72. The summed E-state index contributed by atoms with van der Waals surface area (Å²) < 4.78 is 7.38. The van der Waals surface area contributed by atoms with Crippen LogP contribution in [0.15, 0.2) is 52.8 Å². The first-order valence-corrected chi connectivity index (χ1v) is 16.2. The van der Waals surface area contributed by atoms with Crippen LogP contribution in [0, 0.1) is 11.8 Å². The Morgan fingerprint density at radius 1 is 1.14 bits per heavy atom. The van der Waals surface area contributed by atoms with Gasteiger partial charge in [-0.2, -0.15) is 0 Å². The minimum Gasteiger partial charge on any atom is -0.484 e. The summed E-state index contributed by atoms with van der Waals surface area (Å²) in [7, 11) is 0. The number of ether oxygens (including phenoxy) is 1. The van der Waals surface area contributed by atoms with Crippen LogP contribution in [0.1, 0.15) is 79.5 Å². The van der Waals surface area contributed by atoms with E-state index in [0.717, 1.165) is 34.0 Å². The van der Waals surface area contributed by atoms with E-state index in [1.54, 1.807) is 16.0 Å². The van der Waals surface area contributed by atoms with Crippen molar-refractivity contribution in [3.63, 3.8) is 0 Å². The van der Waals surface area contributed by atoms with E-state index in [0.29, 0.717) is 49.4 Å². The van der Waals surface area contributed by atoms with Gasteiger partial charge in [0.15, 0.2) is 0 Å². The number of carbonyl (C=O) groups is 3. The van der Waals surface area contributed by atoms with Gasteiger partial charge >= 0.3 is 5.97 Å². The summed E-state index contributed by atoms with van der Waals surface area (Å²) in [4.78, 5) is 43.7. The maximum atomic E-state index is 14.3. The van der Waals surface area contributed by atoms with E-state index in [2.05, 4.69) is 15.9 Å². The Labute approximate surface area is 267 Å². The van der Waals surface area contributed by atoms with Gasteiger partial charge < -0.3 is 30.4 Å². The average Bonchev–Trinajstić information content (AvgIpc) is 3.32. The van der Waals surface area contributed by atoms with Crippen LogP contribution >= 0.6 is 15.9 Å². The third kappa shape index (κ3) is 6.30. The van der Waals surface area contributed by atoms with E-state index >= 15 is 0 Å². The fourth-order valence-electron chi connectivity index (χ4n) is 6.63. The second-order valence-electron chi connectivity index (χ2n) is 12.3. The number of halogens is 1. The standard InChI is InChI=1S/C33H42BrN5O5/c1-19(2)39(36)17-27(35)20(3)44-29-13-12-26(34)25-14-15-38(32(41)23-10-6-7-11-24(23)33(42)43)28(30(25)29)18-37-16-21-8-4-5-9-22(21)31(37)40/h4-5,8-9,12-13,17,19-20,23-24,28H,6-7,10-11,14-16,18,35-36H2,1-3H3,(H,42,43)/b27-17-/t20?,23-,24+,28?/m1/s1. The molecule has 2 aromatic rings. The average molecular weight is 669 g/mol. The molecule has 44 heavy (non-hydrogen) atoms. The van der Waals surface area contributed by atoms with Gasteiger partial charge in [0.1, 0.15) is 11.9 Å². The lowest BCUT2D eigenvalue weighted by Gasteiger charge is -2.43. The number of nitrogens with two attached hydrogens (primary N) is 2. The number of carboxylic acid groups (broad SMARTS) is 1. The SMILES string of the molecule is CC(Oc1ccc(Br)c2c1C(CN1Cc3ccccc3C1=O)N(C(=O)[C@@H]1CCCC[C@@H]1C(=O)O)CC2)/C(N)=C/N(N)C(C)C. The van der Waals surface area contributed by atoms with E-state index in [1.165, 1.54) is 5.01 Å². The van der Waals surface area contributed by atoms with Crippen LogP contribution in [0.3, 0.4) is 0 Å². The van der Waals surface area contributed by atoms with Crippen LogP contribution in [0.4, 0.5) is 0 Å². The Kier molecular flexibility index (Phi) is 9.55. The molecular formula is C33H42BrN5O5. The highest BCUT2D eigenvalue weighted by molar-refractivity contribution is 9.10. The van der Waals surface area contributed by atoms with E-state index in [9.17, 15) is 19.5 Å². The molecule has 2 heterocycles. The molecule has 5 N–H and O–H groups in total. The second-order valence-corrected chi connectivity index (χ2v) is 13.2. The first-order chi connectivity index (χ1) is 21.0. The number of amides is 2. The minimum atomic E-state index is -0.930. The van der Waals surface area contributed by atoms with Gasteiger partial charge in [-0.1, -0.05) is 47.0 Å². The molecule has 1 saturated carbocycles. The van der Waals surface area contributed by atoms with Crippen LogP contribution in [0.5, 0.6) is 5.75 Å². The van der Waals surface area contributed by atoms with Crippen LogP contribution in [0.2, 0.25) is 0 Å². The fraction of sp³-hybridized carbons (Fsp3) is 0.485. The van der Waals surface area contributed by atoms with Crippen LogP contribution in [-0.4, -0.2) is 62.9 Å². The van der Waals surface area contributed by atoms with Crippen molar-refractivity contribution in [1.82, 2.24) is 14.8 Å². The highest BCUT2D eigenvalue weighted by atomic mass is 79.9. The van der Waals surface area contributed by atoms with Crippen molar-refractivity contribution in [1.29, 1.82) is 0 Å². The van der Waals surface area contributed by atoms with Crippen LogP contribution in [-0.2, 0) is 22.6 Å². The zero-order valence-electron chi connectivity index (χ0n) is 25.5. The van der Waals surface area contributed by atoms with Crippen molar-refractivity contribution < 1.29 is 24.2 Å². The molecular weight excluding hydrogens is 626 g/mol. The molecule has 0 spiro atoms. The molecule has 5 rings (SSSR count). The highest BCUT2D eigenvalue weighted by Crippen LogP contribution is 2.44. The van der Waals surface area contributed by atoms with E-state index in [-0.39, 0.29) is 24.4 Å². The Morgan fingerprint density at radius 3 is 2.52 bits per heavy atom. The lowest BCUT2D eigenvalue weighted by atomic mass is 9.77. The minimum absolute atomic E-state index is 0.0432. The van der Waals surface area contributed by atoms with Crippen molar-refractivity contribution in [3.05, 3.63) is 75.0 Å². The normalized spacial score (nSPS) is 22.5. The number of hydrogen-bond donors (Lipinski definition) is 3. The van der Waals surface area contributed by atoms with E-state index in [1.807, 2.05) is 57.2 Å². The predicted molar refractivity (Wildman–Crippen MR) is 170 cm³/mol. The third-order valence-corrected chi connectivity index (χ3v) is 9.96. The topological polar surface area (TPSA) is 142 Å². The molecule has 10 nitrogen and oxygen atoms in total. The molecule has 3 aliphatic rings. The zero-order valence-corrected chi connectivity index (χ0v) is 27.1. The Hall–Kier alpha value is -3.57. The Morgan fingerprint density at radius 2 is 1.84 bits per heavy atom. The lowest BCUT2D eigenvalue weighted by Crippen LogP contribution is -2.50. The van der Waals surface area contributed by atoms with E-state index in [4.69, 9.17) is 16.3 Å². The number of hydrazine groups is 1. The highest BCUT2D eigenvalue weighted by Gasteiger charge is 2.44. The maximum Gasteiger partial charge on any atom is 0.307 e. The lowest BCUT2D eigenvalue weighted by molar-refractivity contribution is -0.153. The largest absolute Gasteiger partial charge is 0.484 e. The molecule has 2 aromatic carbocycles. The van der Waals surface area contributed by atoms with Gasteiger partial charge in [0.05, 0.1) is 23.6 Å². The molecule has 4 atom stereocenters. The van der Waals surface area contributed by atoms with Crippen LogP contribution < -0.4 is 16.3 Å². The van der Waals surface area contributed by atoms with Gasteiger partial charge in [-0.25, -0.2) is 5.84 Å². The summed E-state index contributed by atoms with van der Waals surface area (Å²) in [6.45, 7) is 6.83. The molecule has 236 valence electrons. The van der Waals surface area contributed by atoms with Gasteiger partial charge in [-0.3, -0.25) is 14.4 Å². The van der Waals surface area contributed by atoms with Gasteiger partial charge in [0.25, 0.3) is 5.91 Å². The summed E-state index contributed by atoms with van der Waals surface area (Å²) in [5, 5.41) is 11.5. The van der Waals surface area contributed by atoms with Gasteiger partial charge in [0, 0.05) is 47.5 Å². The first-order valence-electron chi connectivity index (χ1n) is 15.4. The number of carboxylic acids is 1. The molecule has 2 amide bonds. The van der Waals surface area contributed by atoms with Crippen LogP contribution in [0.25, 0.3) is 0 Å². The molecule has 1 fully saturated rings. The summed E-state index contributed by atoms with van der Waals surface area (Å²) in [5.41, 5.74) is 10.2.